The minimum Gasteiger partial charge on any atom is -0.465 e. The predicted octanol–water partition coefficient (Wildman–Crippen LogP) is 3.24. The van der Waals surface area contributed by atoms with Crippen molar-refractivity contribution in [2.75, 3.05) is 7.11 Å². The lowest BCUT2D eigenvalue weighted by atomic mass is 10.2. The highest BCUT2D eigenvalue weighted by Gasteiger charge is 2.19. The first-order valence-electron chi connectivity index (χ1n) is 5.72. The maximum atomic E-state index is 12.1. The smallest absolute Gasteiger partial charge is 0.341 e. The van der Waals surface area contributed by atoms with Crippen LogP contribution in [0.4, 0.5) is 0 Å². The molecule has 0 aliphatic carbocycles. The number of hydrogen-bond donors (Lipinski definition) is 0. The van der Waals surface area contributed by atoms with Crippen molar-refractivity contribution in [2.45, 2.75) is 6.92 Å². The summed E-state index contributed by atoms with van der Waals surface area (Å²) in [5.74, 6) is -0.588. The van der Waals surface area contributed by atoms with Crippen LogP contribution in [-0.2, 0) is 4.74 Å². The zero-order chi connectivity index (χ0) is 14.9. The highest BCUT2D eigenvalue weighted by Crippen LogP contribution is 2.21. The second-order valence-electron chi connectivity index (χ2n) is 4.09. The van der Waals surface area contributed by atoms with Gasteiger partial charge in [-0.15, -0.1) is 0 Å². The largest absolute Gasteiger partial charge is 0.465 e. The molecule has 0 fully saturated rings. The van der Waals surface area contributed by atoms with Gasteiger partial charge in [0.1, 0.15) is 0 Å². The normalized spacial score (nSPS) is 10.4. The number of hydrogen-bond acceptors (Lipinski definition) is 3. The van der Waals surface area contributed by atoms with Crippen LogP contribution < -0.4 is 5.56 Å². The van der Waals surface area contributed by atoms with Gasteiger partial charge < -0.3 is 4.74 Å². The number of nitrogens with zero attached hydrogens (tertiary/aromatic N) is 1. The van der Waals surface area contributed by atoms with Gasteiger partial charge in [0.15, 0.2) is 0 Å². The van der Waals surface area contributed by atoms with E-state index in [4.69, 9.17) is 23.2 Å². The number of esters is 1. The molecule has 0 atom stereocenters. The van der Waals surface area contributed by atoms with E-state index in [0.29, 0.717) is 16.4 Å². The fourth-order valence-corrected chi connectivity index (χ4v) is 2.39. The SMILES string of the molecule is COC(=O)c1c(Cl)cc(=O)n(-c2ccc(Cl)cc2)c1C. The van der Waals surface area contributed by atoms with Crippen LogP contribution in [0.3, 0.4) is 0 Å². The molecule has 0 N–H and O–H groups in total. The summed E-state index contributed by atoms with van der Waals surface area (Å²) >= 11 is 11.8. The fourth-order valence-electron chi connectivity index (χ4n) is 1.95. The van der Waals surface area contributed by atoms with Crippen molar-refractivity contribution in [3.63, 3.8) is 0 Å². The van der Waals surface area contributed by atoms with Gasteiger partial charge in [-0.2, -0.15) is 0 Å². The molecule has 0 unspecified atom stereocenters. The highest BCUT2D eigenvalue weighted by molar-refractivity contribution is 6.33. The number of ether oxygens (including phenoxy) is 1. The molecule has 0 saturated heterocycles. The number of halogens is 2. The summed E-state index contributed by atoms with van der Waals surface area (Å²) in [7, 11) is 1.26. The number of methoxy groups -OCH3 is 1. The molecule has 1 aromatic heterocycles. The van der Waals surface area contributed by atoms with Gasteiger partial charge in [-0.25, -0.2) is 4.79 Å². The minimum atomic E-state index is -0.588. The lowest BCUT2D eigenvalue weighted by Crippen LogP contribution is -2.23. The third kappa shape index (κ3) is 2.57. The van der Waals surface area contributed by atoms with E-state index >= 15 is 0 Å². The molecule has 2 aromatic rings. The van der Waals surface area contributed by atoms with E-state index in [0.717, 1.165) is 0 Å². The van der Waals surface area contributed by atoms with E-state index in [1.807, 2.05) is 0 Å². The lowest BCUT2D eigenvalue weighted by Gasteiger charge is -2.14. The Bertz CT molecular complexity index is 720. The number of benzene rings is 1. The molecule has 6 heteroatoms. The Morgan fingerprint density at radius 1 is 1.20 bits per heavy atom. The first-order valence-corrected chi connectivity index (χ1v) is 6.47. The number of carbonyl (C=O) groups is 1. The van der Waals surface area contributed by atoms with Crippen LogP contribution >= 0.6 is 23.2 Å². The number of carbonyl (C=O) groups excluding carboxylic acids is 1. The van der Waals surface area contributed by atoms with Gasteiger partial charge in [-0.1, -0.05) is 23.2 Å². The van der Waals surface area contributed by atoms with Crippen LogP contribution in [-0.4, -0.2) is 17.6 Å². The van der Waals surface area contributed by atoms with E-state index < -0.39 is 5.97 Å². The molecule has 104 valence electrons. The van der Waals surface area contributed by atoms with Gasteiger partial charge in [0, 0.05) is 22.5 Å². The maximum Gasteiger partial charge on any atom is 0.341 e. The maximum absolute atomic E-state index is 12.1. The highest BCUT2D eigenvalue weighted by atomic mass is 35.5. The Morgan fingerprint density at radius 2 is 1.80 bits per heavy atom. The van der Waals surface area contributed by atoms with Crippen LogP contribution in [0.15, 0.2) is 35.1 Å². The van der Waals surface area contributed by atoms with Gasteiger partial charge in [0.05, 0.1) is 17.7 Å². The van der Waals surface area contributed by atoms with Gasteiger partial charge in [0.2, 0.25) is 0 Å². The average Bonchev–Trinajstić information content (AvgIpc) is 2.40. The topological polar surface area (TPSA) is 48.3 Å². The van der Waals surface area contributed by atoms with Crippen molar-refractivity contribution in [1.29, 1.82) is 0 Å². The lowest BCUT2D eigenvalue weighted by molar-refractivity contribution is 0.0599. The summed E-state index contributed by atoms with van der Waals surface area (Å²) in [5, 5.41) is 0.631. The fraction of sp³-hybridized carbons (Fsp3) is 0.143. The summed E-state index contributed by atoms with van der Waals surface area (Å²) in [5.41, 5.74) is 0.849. The molecule has 0 aliphatic rings. The molecule has 1 heterocycles. The van der Waals surface area contributed by atoms with E-state index in [-0.39, 0.29) is 16.1 Å². The summed E-state index contributed by atoms with van der Waals surface area (Å²) < 4.78 is 6.07. The zero-order valence-corrected chi connectivity index (χ0v) is 12.3. The molecule has 0 radical (unpaired) electrons. The van der Waals surface area contributed by atoms with Gasteiger partial charge in [-0.3, -0.25) is 9.36 Å². The second kappa shape index (κ2) is 5.69. The molecular weight excluding hydrogens is 301 g/mol. The molecule has 1 aromatic carbocycles. The Kier molecular flexibility index (Phi) is 4.16. The molecular formula is C14H11Cl2NO3. The summed E-state index contributed by atoms with van der Waals surface area (Å²) in [4.78, 5) is 23.9. The Labute approximate surface area is 125 Å². The third-order valence-electron chi connectivity index (χ3n) is 2.88. The Hall–Kier alpha value is -1.78. The molecule has 2 rings (SSSR count). The molecule has 0 saturated carbocycles. The van der Waals surface area contributed by atoms with Crippen LogP contribution in [0.25, 0.3) is 5.69 Å². The molecule has 4 nitrogen and oxygen atoms in total. The van der Waals surface area contributed by atoms with Crippen molar-refractivity contribution in [2.24, 2.45) is 0 Å². The molecule has 0 spiro atoms. The first-order chi connectivity index (χ1) is 9.45. The summed E-state index contributed by atoms with van der Waals surface area (Å²) in [6.45, 7) is 1.63. The van der Waals surface area contributed by atoms with E-state index in [1.165, 1.54) is 17.7 Å². The van der Waals surface area contributed by atoms with Crippen molar-refractivity contribution in [3.8, 4) is 5.69 Å². The molecule has 0 amide bonds. The van der Waals surface area contributed by atoms with Crippen molar-refractivity contribution >= 4 is 29.2 Å². The van der Waals surface area contributed by atoms with Crippen LogP contribution in [0.5, 0.6) is 0 Å². The van der Waals surface area contributed by atoms with Gasteiger partial charge >= 0.3 is 5.97 Å². The monoisotopic (exact) mass is 311 g/mol. The standard InChI is InChI=1S/C14H11Cl2NO3/c1-8-13(14(19)20-2)11(16)7-12(18)17(8)10-5-3-9(15)4-6-10/h3-7H,1-2H3. The predicted molar refractivity (Wildman–Crippen MR) is 78.1 cm³/mol. The molecule has 0 aliphatic heterocycles. The average molecular weight is 312 g/mol. The summed E-state index contributed by atoms with van der Waals surface area (Å²) in [6.07, 6.45) is 0. The van der Waals surface area contributed by atoms with Crippen molar-refractivity contribution in [1.82, 2.24) is 4.57 Å². The van der Waals surface area contributed by atoms with Gasteiger partial charge in [-0.05, 0) is 31.2 Å². The van der Waals surface area contributed by atoms with Crippen molar-refractivity contribution < 1.29 is 9.53 Å². The number of aromatic nitrogens is 1. The van der Waals surface area contributed by atoms with Crippen LogP contribution in [0.2, 0.25) is 10.0 Å². The zero-order valence-electron chi connectivity index (χ0n) is 10.8. The number of rotatable bonds is 2. The number of pyridine rings is 1. The molecule has 20 heavy (non-hydrogen) atoms. The van der Waals surface area contributed by atoms with Crippen LogP contribution in [0.1, 0.15) is 16.1 Å². The van der Waals surface area contributed by atoms with Crippen LogP contribution in [0, 0.1) is 6.92 Å². The third-order valence-corrected chi connectivity index (χ3v) is 3.43. The minimum absolute atomic E-state index is 0.0737. The van der Waals surface area contributed by atoms with Gasteiger partial charge in [0.25, 0.3) is 5.56 Å². The molecule has 0 bridgehead atoms. The summed E-state index contributed by atoms with van der Waals surface area (Å²) in [6, 6.07) is 7.89. The quantitative estimate of drug-likeness (QED) is 0.800. The van der Waals surface area contributed by atoms with Crippen molar-refractivity contribution in [3.05, 3.63) is 62.0 Å². The first kappa shape index (κ1) is 14.6. The second-order valence-corrected chi connectivity index (χ2v) is 4.94. The van der Waals surface area contributed by atoms with E-state index in [1.54, 1.807) is 31.2 Å². The van der Waals surface area contributed by atoms with E-state index in [9.17, 15) is 9.59 Å². The Balaban J connectivity index is 2.74. The van der Waals surface area contributed by atoms with E-state index in [2.05, 4.69) is 4.74 Å². The Morgan fingerprint density at radius 3 is 2.35 bits per heavy atom.